The second-order valence-corrected chi connectivity index (χ2v) is 8.84. The molecule has 2 aromatic heterocycles. The average Bonchev–Trinajstić information content (AvgIpc) is 3.26. The molecule has 10 heteroatoms. The summed E-state index contributed by atoms with van der Waals surface area (Å²) in [5.41, 5.74) is 1.26. The highest BCUT2D eigenvalue weighted by atomic mass is 32.1. The predicted molar refractivity (Wildman–Crippen MR) is 124 cm³/mol. The molecule has 2 unspecified atom stereocenters. The maximum Gasteiger partial charge on any atom is 0.287 e. The number of ether oxygens (including phenoxy) is 3. The fourth-order valence-corrected chi connectivity index (χ4v) is 4.67. The van der Waals surface area contributed by atoms with Crippen molar-refractivity contribution in [3.05, 3.63) is 57.0 Å². The van der Waals surface area contributed by atoms with Gasteiger partial charge in [0.25, 0.3) is 11.5 Å². The molecule has 0 aliphatic carbocycles. The summed E-state index contributed by atoms with van der Waals surface area (Å²) in [7, 11) is 1.58. The van der Waals surface area contributed by atoms with E-state index in [0.29, 0.717) is 29.2 Å². The van der Waals surface area contributed by atoms with E-state index in [0.717, 1.165) is 24.0 Å². The quantitative estimate of drug-likeness (QED) is 0.435. The van der Waals surface area contributed by atoms with Gasteiger partial charge in [-0.05, 0) is 35.9 Å². The van der Waals surface area contributed by atoms with Crippen LogP contribution in [0.15, 0.2) is 34.4 Å². The minimum absolute atomic E-state index is 0.0255. The molecule has 3 aromatic rings. The van der Waals surface area contributed by atoms with Crippen LogP contribution in [0.2, 0.25) is 0 Å². The molecule has 3 heterocycles. The third-order valence-electron chi connectivity index (χ3n) is 5.60. The Hall–Kier alpha value is -2.79. The van der Waals surface area contributed by atoms with Crippen molar-refractivity contribution >= 4 is 27.5 Å². The molecule has 0 bridgehead atoms. The van der Waals surface area contributed by atoms with Crippen molar-refractivity contribution < 1.29 is 24.1 Å². The van der Waals surface area contributed by atoms with Crippen molar-refractivity contribution in [1.82, 2.24) is 15.3 Å². The van der Waals surface area contributed by atoms with Crippen LogP contribution in [0.1, 0.15) is 34.6 Å². The number of hydrogen-bond acceptors (Lipinski definition) is 8. The second kappa shape index (κ2) is 10.9. The smallest absolute Gasteiger partial charge is 0.287 e. The molecule has 4 rings (SSSR count). The number of aliphatic hydroxyl groups excluding tert-OH is 1. The van der Waals surface area contributed by atoms with Crippen molar-refractivity contribution in [2.45, 2.75) is 32.1 Å². The monoisotopic (exact) mass is 473 g/mol. The van der Waals surface area contributed by atoms with Crippen molar-refractivity contribution in [3.63, 3.8) is 0 Å². The lowest BCUT2D eigenvalue weighted by molar-refractivity contribution is -0.0632. The number of nitrogens with one attached hydrogen (secondary N) is 2. The standard InChI is InChI=1S/C23H27N3O6S/c1-30-17-4-2-3-14(7-17)8-24-22(29)20-25-21(28)19-16(13-33-23(19)26-20)12-31-10-15-5-6-18(9-27)32-11-15/h2-4,7,13,15,18,27H,5-6,8-12H2,1H3,(H,24,29)(H,25,26,28). The first-order valence-corrected chi connectivity index (χ1v) is 11.7. The highest BCUT2D eigenvalue weighted by Gasteiger charge is 2.21. The minimum atomic E-state index is -0.457. The molecule has 1 aliphatic heterocycles. The van der Waals surface area contributed by atoms with E-state index in [9.17, 15) is 9.59 Å². The zero-order valence-electron chi connectivity index (χ0n) is 18.3. The second-order valence-electron chi connectivity index (χ2n) is 7.99. The topological polar surface area (TPSA) is 123 Å². The number of fused-ring (bicyclic) bond motifs is 1. The normalized spacial score (nSPS) is 18.4. The van der Waals surface area contributed by atoms with Crippen LogP contribution in [0.3, 0.4) is 0 Å². The first kappa shape index (κ1) is 23.4. The fourth-order valence-electron chi connectivity index (χ4n) is 3.74. The van der Waals surface area contributed by atoms with E-state index in [1.54, 1.807) is 7.11 Å². The van der Waals surface area contributed by atoms with Gasteiger partial charge in [0.05, 0.1) is 45.0 Å². The van der Waals surface area contributed by atoms with Crippen LogP contribution in [0.25, 0.3) is 10.2 Å². The average molecular weight is 474 g/mol. The molecule has 1 saturated heterocycles. The molecule has 1 amide bonds. The van der Waals surface area contributed by atoms with E-state index in [-0.39, 0.29) is 43.2 Å². The van der Waals surface area contributed by atoms with Crippen LogP contribution < -0.4 is 15.6 Å². The third kappa shape index (κ3) is 5.77. The van der Waals surface area contributed by atoms with Crippen molar-refractivity contribution in [2.24, 2.45) is 5.92 Å². The number of H-pyrrole nitrogens is 1. The summed E-state index contributed by atoms with van der Waals surface area (Å²) >= 11 is 1.31. The van der Waals surface area contributed by atoms with Gasteiger partial charge in [-0.15, -0.1) is 11.3 Å². The van der Waals surface area contributed by atoms with Gasteiger partial charge >= 0.3 is 0 Å². The lowest BCUT2D eigenvalue weighted by atomic mass is 9.99. The number of carbonyl (C=O) groups excluding carboxylic acids is 1. The molecule has 0 saturated carbocycles. The Morgan fingerprint density at radius 2 is 2.27 bits per heavy atom. The molecule has 9 nitrogen and oxygen atoms in total. The lowest BCUT2D eigenvalue weighted by Crippen LogP contribution is -2.30. The number of thiophene rings is 1. The highest BCUT2D eigenvalue weighted by molar-refractivity contribution is 7.16. The molecule has 3 N–H and O–H groups in total. The fraction of sp³-hybridized carbons (Fsp3) is 0.435. The lowest BCUT2D eigenvalue weighted by Gasteiger charge is -2.27. The summed E-state index contributed by atoms with van der Waals surface area (Å²) in [5.74, 6) is 0.492. The van der Waals surface area contributed by atoms with Gasteiger partial charge in [-0.2, -0.15) is 0 Å². The number of aliphatic hydroxyl groups is 1. The summed E-state index contributed by atoms with van der Waals surface area (Å²) < 4.78 is 16.6. The van der Waals surface area contributed by atoms with Gasteiger partial charge in [0.15, 0.2) is 0 Å². The largest absolute Gasteiger partial charge is 0.497 e. The van der Waals surface area contributed by atoms with E-state index in [1.807, 2.05) is 29.6 Å². The zero-order valence-corrected chi connectivity index (χ0v) is 19.2. The Labute approximate surface area is 194 Å². The molecule has 33 heavy (non-hydrogen) atoms. The number of benzene rings is 1. The van der Waals surface area contributed by atoms with E-state index in [2.05, 4.69) is 15.3 Å². The van der Waals surface area contributed by atoms with Crippen molar-refractivity contribution in [3.8, 4) is 5.75 Å². The Morgan fingerprint density at radius 3 is 3.03 bits per heavy atom. The van der Waals surface area contributed by atoms with Gasteiger partial charge in [-0.25, -0.2) is 4.98 Å². The maximum absolute atomic E-state index is 12.7. The number of rotatable bonds is 9. The molecular formula is C23H27N3O6S. The number of hydrogen-bond donors (Lipinski definition) is 3. The van der Waals surface area contributed by atoms with E-state index >= 15 is 0 Å². The number of carbonyl (C=O) groups is 1. The summed E-state index contributed by atoms with van der Waals surface area (Å²) in [4.78, 5) is 32.7. The van der Waals surface area contributed by atoms with E-state index in [4.69, 9.17) is 19.3 Å². The number of methoxy groups -OCH3 is 1. The van der Waals surface area contributed by atoms with Gasteiger partial charge in [0, 0.05) is 18.0 Å². The molecule has 2 atom stereocenters. The molecule has 176 valence electrons. The van der Waals surface area contributed by atoms with Crippen LogP contribution in [0, 0.1) is 5.92 Å². The molecule has 1 aliphatic rings. The van der Waals surface area contributed by atoms with Crippen LogP contribution in [-0.2, 0) is 22.6 Å². The van der Waals surface area contributed by atoms with E-state index in [1.165, 1.54) is 11.3 Å². The summed E-state index contributed by atoms with van der Waals surface area (Å²) in [6.45, 7) is 1.69. The van der Waals surface area contributed by atoms with Gasteiger partial charge in [0.2, 0.25) is 5.82 Å². The van der Waals surface area contributed by atoms with Gasteiger partial charge in [-0.1, -0.05) is 12.1 Å². The van der Waals surface area contributed by atoms with Crippen LogP contribution in [-0.4, -0.2) is 54.0 Å². The zero-order chi connectivity index (χ0) is 23.2. The molecule has 0 spiro atoms. The summed E-state index contributed by atoms with van der Waals surface area (Å²) in [5, 5.41) is 14.2. The Bertz CT molecular complexity index is 1150. The van der Waals surface area contributed by atoms with Crippen LogP contribution >= 0.6 is 11.3 Å². The molecule has 0 radical (unpaired) electrons. The number of amides is 1. The Balaban J connectivity index is 1.36. The van der Waals surface area contributed by atoms with Gasteiger partial charge in [0.1, 0.15) is 10.6 Å². The molecule has 1 fully saturated rings. The van der Waals surface area contributed by atoms with E-state index < -0.39 is 5.91 Å². The Kier molecular flexibility index (Phi) is 7.71. The highest BCUT2D eigenvalue weighted by Crippen LogP contribution is 2.23. The third-order valence-corrected chi connectivity index (χ3v) is 6.52. The molecule has 1 aromatic carbocycles. The number of aromatic amines is 1. The SMILES string of the molecule is COc1cccc(CNC(=O)c2nc3scc(COCC4CCC(CO)OC4)c3c(=O)[nH]2)c1. The first-order valence-electron chi connectivity index (χ1n) is 10.8. The molecular weight excluding hydrogens is 446 g/mol. The Morgan fingerprint density at radius 1 is 1.39 bits per heavy atom. The predicted octanol–water partition coefficient (Wildman–Crippen LogP) is 2.23. The first-order chi connectivity index (χ1) is 16.1. The maximum atomic E-state index is 12.7. The van der Waals surface area contributed by atoms with Crippen LogP contribution in [0.5, 0.6) is 5.75 Å². The van der Waals surface area contributed by atoms with Gasteiger partial charge in [-0.3, -0.25) is 9.59 Å². The number of aromatic nitrogens is 2. The van der Waals surface area contributed by atoms with Crippen LogP contribution in [0.4, 0.5) is 0 Å². The number of nitrogens with zero attached hydrogens (tertiary/aromatic N) is 1. The summed E-state index contributed by atoms with van der Waals surface area (Å²) in [6, 6.07) is 7.37. The summed E-state index contributed by atoms with van der Waals surface area (Å²) in [6.07, 6.45) is 1.68. The van der Waals surface area contributed by atoms with Gasteiger partial charge < -0.3 is 29.6 Å². The minimum Gasteiger partial charge on any atom is -0.497 e. The van der Waals surface area contributed by atoms with Crippen molar-refractivity contribution in [2.75, 3.05) is 26.9 Å². The van der Waals surface area contributed by atoms with Crippen molar-refractivity contribution in [1.29, 1.82) is 0 Å².